The van der Waals surface area contributed by atoms with Crippen LogP contribution in [-0.4, -0.2) is 22.9 Å². The molecule has 1 aromatic rings. The number of carbonyl (C=O) groups excluding carboxylic acids is 2. The Balaban J connectivity index is 1.86. The van der Waals surface area contributed by atoms with Crippen LogP contribution in [0.15, 0.2) is 42.5 Å². The number of amides is 2. The Hall–Kier alpha value is -2.63. The van der Waals surface area contributed by atoms with Crippen LogP contribution in [0, 0.1) is 5.92 Å². The predicted molar refractivity (Wildman–Crippen MR) is 75.0 cm³/mol. The molecule has 2 rings (SSSR count). The van der Waals surface area contributed by atoms with Crippen molar-refractivity contribution >= 4 is 17.8 Å². The average molecular weight is 288 g/mol. The number of nitrogens with one attached hydrogen (secondary N) is 2. The second-order valence-electron chi connectivity index (χ2n) is 5.19. The first-order chi connectivity index (χ1) is 9.93. The van der Waals surface area contributed by atoms with Gasteiger partial charge in [0.15, 0.2) is 0 Å². The number of rotatable bonds is 4. The predicted octanol–water partition coefficient (Wildman–Crippen LogP) is 0.752. The van der Waals surface area contributed by atoms with Crippen molar-refractivity contribution in [3.8, 4) is 0 Å². The van der Waals surface area contributed by atoms with Gasteiger partial charge in [-0.05, 0) is 12.0 Å². The Kier molecular flexibility index (Phi) is 4.07. The molecule has 1 aromatic carbocycles. The lowest BCUT2D eigenvalue weighted by Crippen LogP contribution is -2.42. The molecule has 0 radical (unpaired) electrons. The second-order valence-corrected chi connectivity index (χ2v) is 5.19. The maximum absolute atomic E-state index is 12.0. The van der Waals surface area contributed by atoms with Crippen molar-refractivity contribution in [1.82, 2.24) is 10.9 Å². The van der Waals surface area contributed by atoms with Gasteiger partial charge >= 0.3 is 5.97 Å². The summed E-state index contributed by atoms with van der Waals surface area (Å²) in [4.78, 5) is 33.5. The highest BCUT2D eigenvalue weighted by molar-refractivity contribution is 5.95. The van der Waals surface area contributed by atoms with Crippen LogP contribution < -0.4 is 10.9 Å². The van der Waals surface area contributed by atoms with Crippen LogP contribution in [0.5, 0.6) is 0 Å². The molecule has 0 aliphatic heterocycles. The Morgan fingerprint density at radius 2 is 1.86 bits per heavy atom. The molecule has 0 heterocycles. The first kappa shape index (κ1) is 14.8. The van der Waals surface area contributed by atoms with Gasteiger partial charge in [-0.15, -0.1) is 0 Å². The Bertz CT molecular complexity index is 597. The lowest BCUT2D eigenvalue weighted by Gasteiger charge is -2.12. The van der Waals surface area contributed by atoms with Gasteiger partial charge in [-0.1, -0.05) is 37.3 Å². The Morgan fingerprint density at radius 3 is 2.48 bits per heavy atom. The lowest BCUT2D eigenvalue weighted by atomic mass is 9.95. The summed E-state index contributed by atoms with van der Waals surface area (Å²) in [5.41, 5.74) is 5.34. The van der Waals surface area contributed by atoms with Crippen molar-refractivity contribution in [1.29, 1.82) is 0 Å². The van der Waals surface area contributed by atoms with Crippen LogP contribution >= 0.6 is 0 Å². The van der Waals surface area contributed by atoms with Crippen LogP contribution in [0.1, 0.15) is 18.9 Å². The van der Waals surface area contributed by atoms with Gasteiger partial charge in [0.2, 0.25) is 5.91 Å². The molecule has 0 bridgehead atoms. The number of carboxylic acids is 1. The van der Waals surface area contributed by atoms with Crippen molar-refractivity contribution < 1.29 is 19.5 Å². The standard InChI is InChI=1S/C15H16N2O4/c1-15(10-5-3-2-4-6-10)9-11(15)14(21)17-16-12(18)7-8-13(19)20/h2-8,11H,9H2,1H3,(H,16,18)(H,17,21)(H,19,20)/b8-7-. The highest BCUT2D eigenvalue weighted by Gasteiger charge is 2.55. The van der Waals surface area contributed by atoms with E-state index in [2.05, 4.69) is 10.9 Å². The third kappa shape index (κ3) is 3.47. The highest BCUT2D eigenvalue weighted by atomic mass is 16.4. The SMILES string of the molecule is CC1(c2ccccc2)CC1C(=O)NNC(=O)/C=C\C(=O)O. The normalized spacial score (nSPS) is 23.6. The third-order valence-corrected chi connectivity index (χ3v) is 3.67. The van der Waals surface area contributed by atoms with E-state index in [9.17, 15) is 14.4 Å². The van der Waals surface area contributed by atoms with E-state index < -0.39 is 11.9 Å². The maximum Gasteiger partial charge on any atom is 0.328 e. The van der Waals surface area contributed by atoms with E-state index in [-0.39, 0.29) is 17.2 Å². The number of aliphatic carboxylic acids is 1. The maximum atomic E-state index is 12.0. The minimum Gasteiger partial charge on any atom is -0.478 e. The average Bonchev–Trinajstić information content (AvgIpc) is 3.17. The van der Waals surface area contributed by atoms with Crippen molar-refractivity contribution in [2.45, 2.75) is 18.8 Å². The minimum atomic E-state index is -1.23. The molecule has 1 aliphatic rings. The smallest absolute Gasteiger partial charge is 0.328 e. The fourth-order valence-electron chi connectivity index (χ4n) is 2.28. The number of benzene rings is 1. The zero-order valence-corrected chi connectivity index (χ0v) is 11.5. The van der Waals surface area contributed by atoms with Crippen molar-refractivity contribution in [2.24, 2.45) is 5.92 Å². The molecule has 6 nitrogen and oxygen atoms in total. The van der Waals surface area contributed by atoms with E-state index in [0.29, 0.717) is 12.5 Å². The largest absolute Gasteiger partial charge is 0.478 e. The van der Waals surface area contributed by atoms with Gasteiger partial charge in [0.05, 0.1) is 0 Å². The molecule has 1 saturated carbocycles. The highest BCUT2D eigenvalue weighted by Crippen LogP contribution is 2.53. The summed E-state index contributed by atoms with van der Waals surface area (Å²) in [5.74, 6) is -2.40. The summed E-state index contributed by atoms with van der Waals surface area (Å²) in [6.45, 7) is 2.00. The molecule has 2 atom stereocenters. The van der Waals surface area contributed by atoms with Gasteiger partial charge in [-0.25, -0.2) is 4.79 Å². The number of carbonyl (C=O) groups is 3. The zero-order valence-electron chi connectivity index (χ0n) is 11.5. The van der Waals surface area contributed by atoms with Crippen LogP contribution in [0.4, 0.5) is 0 Å². The minimum absolute atomic E-state index is 0.205. The molecule has 3 N–H and O–H groups in total. The summed E-state index contributed by atoms with van der Waals surface area (Å²) in [7, 11) is 0. The fourth-order valence-corrected chi connectivity index (χ4v) is 2.28. The van der Waals surface area contributed by atoms with Gasteiger partial charge in [0.1, 0.15) is 0 Å². The number of hydrogen-bond acceptors (Lipinski definition) is 3. The molecule has 0 spiro atoms. The van der Waals surface area contributed by atoms with E-state index in [4.69, 9.17) is 5.11 Å². The molecular formula is C15H16N2O4. The van der Waals surface area contributed by atoms with Crippen LogP contribution in [-0.2, 0) is 19.8 Å². The monoisotopic (exact) mass is 288 g/mol. The molecular weight excluding hydrogens is 272 g/mol. The molecule has 1 aliphatic carbocycles. The molecule has 21 heavy (non-hydrogen) atoms. The molecule has 0 aromatic heterocycles. The van der Waals surface area contributed by atoms with Gasteiger partial charge in [0, 0.05) is 23.5 Å². The summed E-state index contributed by atoms with van der Waals surface area (Å²) >= 11 is 0. The van der Waals surface area contributed by atoms with Crippen molar-refractivity contribution in [3.05, 3.63) is 48.0 Å². The quantitative estimate of drug-likeness (QED) is 0.563. The van der Waals surface area contributed by atoms with E-state index in [1.165, 1.54) is 0 Å². The van der Waals surface area contributed by atoms with Crippen molar-refractivity contribution in [2.75, 3.05) is 0 Å². The summed E-state index contributed by atoms with van der Waals surface area (Å²) in [6, 6.07) is 9.71. The summed E-state index contributed by atoms with van der Waals surface area (Å²) in [6.07, 6.45) is 2.25. The van der Waals surface area contributed by atoms with Gasteiger partial charge in [-0.3, -0.25) is 20.4 Å². The van der Waals surface area contributed by atoms with E-state index in [1.807, 2.05) is 37.3 Å². The second kappa shape index (κ2) is 5.78. The summed E-state index contributed by atoms with van der Waals surface area (Å²) in [5, 5.41) is 8.38. The van der Waals surface area contributed by atoms with Crippen LogP contribution in [0.2, 0.25) is 0 Å². The van der Waals surface area contributed by atoms with Crippen LogP contribution in [0.25, 0.3) is 0 Å². The molecule has 0 saturated heterocycles. The van der Waals surface area contributed by atoms with E-state index in [0.717, 1.165) is 11.6 Å². The van der Waals surface area contributed by atoms with E-state index in [1.54, 1.807) is 0 Å². The lowest BCUT2D eigenvalue weighted by molar-refractivity contribution is -0.131. The Labute approximate surface area is 121 Å². The number of hydrazine groups is 1. The first-order valence-corrected chi connectivity index (χ1v) is 6.50. The molecule has 2 amide bonds. The third-order valence-electron chi connectivity index (χ3n) is 3.67. The van der Waals surface area contributed by atoms with Crippen LogP contribution in [0.3, 0.4) is 0 Å². The molecule has 110 valence electrons. The van der Waals surface area contributed by atoms with E-state index >= 15 is 0 Å². The van der Waals surface area contributed by atoms with Gasteiger partial charge in [0.25, 0.3) is 5.91 Å². The zero-order chi connectivity index (χ0) is 15.5. The van der Waals surface area contributed by atoms with Crippen molar-refractivity contribution in [3.63, 3.8) is 0 Å². The Morgan fingerprint density at radius 1 is 1.19 bits per heavy atom. The van der Waals surface area contributed by atoms with Gasteiger partial charge < -0.3 is 5.11 Å². The first-order valence-electron chi connectivity index (χ1n) is 6.50. The fraction of sp³-hybridized carbons (Fsp3) is 0.267. The number of hydrogen-bond donors (Lipinski definition) is 3. The van der Waals surface area contributed by atoms with Gasteiger partial charge in [-0.2, -0.15) is 0 Å². The topological polar surface area (TPSA) is 95.5 Å². The molecule has 2 unspecified atom stereocenters. The molecule has 6 heteroatoms. The molecule has 1 fully saturated rings. The number of carboxylic acid groups (broad SMARTS) is 1. The summed E-state index contributed by atoms with van der Waals surface area (Å²) < 4.78 is 0.